The summed E-state index contributed by atoms with van der Waals surface area (Å²) in [6, 6.07) is 10.5. The van der Waals surface area contributed by atoms with Gasteiger partial charge in [-0.05, 0) is 65.1 Å². The molecule has 0 bridgehead atoms. The van der Waals surface area contributed by atoms with E-state index in [0.717, 1.165) is 40.9 Å². The van der Waals surface area contributed by atoms with Crippen molar-refractivity contribution in [1.82, 2.24) is 5.32 Å². The molecule has 0 unspecified atom stereocenters. The van der Waals surface area contributed by atoms with Crippen molar-refractivity contribution in [3.63, 3.8) is 0 Å². The molecule has 112 valence electrons. The Morgan fingerprint density at radius 3 is 2.71 bits per heavy atom. The van der Waals surface area contributed by atoms with Crippen LogP contribution in [0.25, 0.3) is 0 Å². The van der Waals surface area contributed by atoms with Crippen molar-refractivity contribution in [2.24, 2.45) is 0 Å². The first kappa shape index (κ1) is 16.0. The van der Waals surface area contributed by atoms with Gasteiger partial charge in [0.1, 0.15) is 17.3 Å². The molecule has 1 N–H and O–H groups in total. The predicted octanol–water partition coefficient (Wildman–Crippen LogP) is 5.19. The van der Waals surface area contributed by atoms with Gasteiger partial charge in [-0.2, -0.15) is 0 Å². The van der Waals surface area contributed by atoms with Gasteiger partial charge in [-0.3, -0.25) is 0 Å². The largest absolute Gasteiger partial charge is 0.456 e. The van der Waals surface area contributed by atoms with Gasteiger partial charge >= 0.3 is 0 Å². The molecule has 0 fully saturated rings. The van der Waals surface area contributed by atoms with Gasteiger partial charge in [0.2, 0.25) is 0 Å². The topological polar surface area (TPSA) is 21.3 Å². The Morgan fingerprint density at radius 2 is 1.95 bits per heavy atom. The minimum absolute atomic E-state index is 0.313. The summed E-state index contributed by atoms with van der Waals surface area (Å²) in [5, 5.41) is 3.36. The molecule has 0 heterocycles. The van der Waals surface area contributed by atoms with Gasteiger partial charge in [-0.25, -0.2) is 4.39 Å². The quantitative estimate of drug-likeness (QED) is 0.723. The van der Waals surface area contributed by atoms with Crippen LogP contribution >= 0.6 is 15.9 Å². The van der Waals surface area contributed by atoms with Crippen LogP contribution < -0.4 is 10.1 Å². The third-order valence-electron chi connectivity index (χ3n) is 3.12. The summed E-state index contributed by atoms with van der Waals surface area (Å²) in [6.07, 6.45) is 1.10. The van der Waals surface area contributed by atoms with Crippen LogP contribution in [0.1, 0.15) is 24.5 Å². The van der Waals surface area contributed by atoms with Crippen molar-refractivity contribution in [1.29, 1.82) is 0 Å². The van der Waals surface area contributed by atoms with Crippen LogP contribution in [0.2, 0.25) is 0 Å². The predicted molar refractivity (Wildman–Crippen MR) is 87.4 cm³/mol. The zero-order valence-corrected chi connectivity index (χ0v) is 13.8. The van der Waals surface area contributed by atoms with Crippen molar-refractivity contribution in [2.75, 3.05) is 6.54 Å². The van der Waals surface area contributed by atoms with Gasteiger partial charge in [-0.1, -0.05) is 19.1 Å². The minimum Gasteiger partial charge on any atom is -0.456 e. The number of ether oxygens (including phenoxy) is 1. The van der Waals surface area contributed by atoms with Crippen LogP contribution in [0, 0.1) is 12.7 Å². The number of halogens is 2. The van der Waals surface area contributed by atoms with Gasteiger partial charge in [-0.15, -0.1) is 0 Å². The lowest BCUT2D eigenvalue weighted by molar-refractivity contribution is 0.469. The van der Waals surface area contributed by atoms with Crippen LogP contribution in [0.4, 0.5) is 4.39 Å². The van der Waals surface area contributed by atoms with Crippen LogP contribution in [-0.2, 0) is 6.54 Å². The highest BCUT2D eigenvalue weighted by molar-refractivity contribution is 9.10. The molecule has 0 atom stereocenters. The van der Waals surface area contributed by atoms with Crippen molar-refractivity contribution in [3.05, 3.63) is 57.8 Å². The molecule has 0 saturated heterocycles. The molecule has 2 nitrogen and oxygen atoms in total. The normalized spacial score (nSPS) is 10.7. The van der Waals surface area contributed by atoms with Gasteiger partial charge in [0.15, 0.2) is 0 Å². The summed E-state index contributed by atoms with van der Waals surface area (Å²) in [7, 11) is 0. The summed E-state index contributed by atoms with van der Waals surface area (Å²) >= 11 is 3.38. The second kappa shape index (κ2) is 7.57. The number of aryl methyl sites for hydroxylation is 1. The lowest BCUT2D eigenvalue weighted by Gasteiger charge is -2.12. The Morgan fingerprint density at radius 1 is 1.14 bits per heavy atom. The first-order valence-electron chi connectivity index (χ1n) is 7.03. The Bertz CT molecular complexity index is 616. The molecule has 21 heavy (non-hydrogen) atoms. The van der Waals surface area contributed by atoms with Crippen LogP contribution in [0.3, 0.4) is 0 Å². The highest BCUT2D eigenvalue weighted by Gasteiger charge is 2.07. The molecule has 2 aromatic rings. The van der Waals surface area contributed by atoms with E-state index in [9.17, 15) is 4.39 Å². The third kappa shape index (κ3) is 4.55. The fraction of sp³-hybridized carbons (Fsp3) is 0.294. The molecule has 4 heteroatoms. The molecule has 0 radical (unpaired) electrons. The standard InChI is InChI=1S/C17H19BrFNO/c1-3-8-20-11-13-5-4-12(2)16(9-13)21-17-10-14(19)6-7-15(17)18/h4-7,9-10,20H,3,8,11H2,1-2H3. The summed E-state index contributed by atoms with van der Waals surface area (Å²) in [4.78, 5) is 0. The molecule has 0 amide bonds. The molecule has 0 aliphatic carbocycles. The Hall–Kier alpha value is -1.39. The van der Waals surface area contributed by atoms with E-state index in [1.165, 1.54) is 12.1 Å². The van der Waals surface area contributed by atoms with E-state index in [0.29, 0.717) is 5.75 Å². The zero-order valence-electron chi connectivity index (χ0n) is 12.2. The molecule has 0 spiro atoms. The van der Waals surface area contributed by atoms with Gasteiger partial charge in [0.05, 0.1) is 4.47 Å². The summed E-state index contributed by atoms with van der Waals surface area (Å²) in [6.45, 7) is 5.90. The maximum absolute atomic E-state index is 13.3. The van der Waals surface area contributed by atoms with Crippen LogP contribution in [-0.4, -0.2) is 6.54 Å². The van der Waals surface area contributed by atoms with Gasteiger partial charge in [0, 0.05) is 12.6 Å². The molecule has 0 aromatic heterocycles. The van der Waals surface area contributed by atoms with Crippen molar-refractivity contribution in [3.8, 4) is 11.5 Å². The number of benzene rings is 2. The average Bonchev–Trinajstić information content (AvgIpc) is 2.46. The maximum atomic E-state index is 13.3. The summed E-state index contributed by atoms with van der Waals surface area (Å²) in [5.41, 5.74) is 2.17. The van der Waals surface area contributed by atoms with E-state index in [2.05, 4.69) is 34.2 Å². The van der Waals surface area contributed by atoms with Gasteiger partial charge < -0.3 is 10.1 Å². The fourth-order valence-electron chi connectivity index (χ4n) is 1.95. The Labute approximate surface area is 133 Å². The molecule has 0 aliphatic heterocycles. The van der Waals surface area contributed by atoms with Crippen LogP contribution in [0.15, 0.2) is 40.9 Å². The Kier molecular flexibility index (Phi) is 5.76. The molecule has 0 aliphatic rings. The smallest absolute Gasteiger partial charge is 0.144 e. The van der Waals surface area contributed by atoms with Crippen molar-refractivity contribution < 1.29 is 9.13 Å². The second-order valence-corrected chi connectivity index (χ2v) is 5.81. The van der Waals surface area contributed by atoms with Crippen molar-refractivity contribution in [2.45, 2.75) is 26.8 Å². The van der Waals surface area contributed by atoms with E-state index >= 15 is 0 Å². The van der Waals surface area contributed by atoms with Gasteiger partial charge in [0.25, 0.3) is 0 Å². The minimum atomic E-state index is -0.313. The molecule has 2 aromatic carbocycles. The molecular weight excluding hydrogens is 333 g/mol. The van der Waals surface area contributed by atoms with E-state index in [-0.39, 0.29) is 5.82 Å². The SMILES string of the molecule is CCCNCc1ccc(C)c(Oc2cc(F)ccc2Br)c1. The lowest BCUT2D eigenvalue weighted by Crippen LogP contribution is -2.13. The number of rotatable bonds is 6. The number of hydrogen-bond acceptors (Lipinski definition) is 2. The number of hydrogen-bond donors (Lipinski definition) is 1. The lowest BCUT2D eigenvalue weighted by atomic mass is 10.1. The fourth-order valence-corrected chi connectivity index (χ4v) is 2.28. The Balaban J connectivity index is 2.18. The second-order valence-electron chi connectivity index (χ2n) is 4.95. The average molecular weight is 352 g/mol. The summed E-state index contributed by atoms with van der Waals surface area (Å²) < 4.78 is 19.9. The first-order valence-corrected chi connectivity index (χ1v) is 7.82. The van der Waals surface area contributed by atoms with Crippen molar-refractivity contribution >= 4 is 15.9 Å². The van der Waals surface area contributed by atoms with E-state index < -0.39 is 0 Å². The molecular formula is C17H19BrFNO. The summed E-state index contributed by atoms with van der Waals surface area (Å²) in [5.74, 6) is 0.917. The highest BCUT2D eigenvalue weighted by atomic mass is 79.9. The maximum Gasteiger partial charge on any atom is 0.144 e. The van der Waals surface area contributed by atoms with Crippen LogP contribution in [0.5, 0.6) is 11.5 Å². The first-order chi connectivity index (χ1) is 10.1. The number of nitrogens with one attached hydrogen (secondary N) is 1. The monoisotopic (exact) mass is 351 g/mol. The molecule has 0 saturated carbocycles. The van der Waals surface area contributed by atoms with E-state index in [4.69, 9.17) is 4.74 Å². The third-order valence-corrected chi connectivity index (χ3v) is 3.78. The zero-order chi connectivity index (χ0) is 15.2. The van der Waals surface area contributed by atoms with E-state index in [1.54, 1.807) is 6.07 Å². The molecule has 2 rings (SSSR count). The van der Waals surface area contributed by atoms with E-state index in [1.807, 2.05) is 19.1 Å². The highest BCUT2D eigenvalue weighted by Crippen LogP contribution is 2.32.